The molecular weight excluding hydrogens is 913 g/mol. The van der Waals surface area contributed by atoms with E-state index in [-0.39, 0.29) is 11.8 Å². The molecule has 0 saturated heterocycles. The normalized spacial score (nSPS) is 16.2. The molecule has 2 unspecified atom stereocenters. The van der Waals surface area contributed by atoms with E-state index in [1.54, 1.807) is 47.0 Å². The molecule has 0 saturated carbocycles. The van der Waals surface area contributed by atoms with E-state index in [0.29, 0.717) is 39.7 Å². The maximum absolute atomic E-state index is 5.44. The van der Waals surface area contributed by atoms with Gasteiger partial charge in [-0.1, -0.05) is 144 Å². The zero-order chi connectivity index (χ0) is 45.0. The second-order valence-corrected chi connectivity index (χ2v) is 21.0. The van der Waals surface area contributed by atoms with E-state index in [4.69, 9.17) is 29.9 Å². The van der Waals surface area contributed by atoms with E-state index in [9.17, 15) is 0 Å². The standard InChI is InChI=1S/C56H36N8S4/c1-5-13-33(14-6-1)65-37-21-25-41-45(29-37)53-57-49(41)62-54-47-31-39(67-35-17-9-3-10-18-35)23-27-43(47)51(59-54)64-56-48-32-40(68-36-19-11-4-12-20-36)24-28-44(48)52(60-56)63-55-46-30-38(66-34-15-7-2-8-16-34)22-26-42(46)50(58-55)61-53/h1-32,41-42H,(H,58,61)(H,57,59,60,62,63,64). The van der Waals surface area contributed by atoms with Gasteiger partial charge in [-0.15, -0.1) is 0 Å². The van der Waals surface area contributed by atoms with E-state index in [0.717, 1.165) is 78.1 Å². The highest BCUT2D eigenvalue weighted by atomic mass is 32.2. The van der Waals surface area contributed by atoms with Crippen molar-refractivity contribution in [1.82, 2.24) is 39.9 Å². The topological polar surface area (TPSA) is 109 Å². The van der Waals surface area contributed by atoms with Crippen molar-refractivity contribution in [2.24, 2.45) is 0 Å². The van der Waals surface area contributed by atoms with Gasteiger partial charge in [-0.3, -0.25) is 0 Å². The third-order valence-electron chi connectivity index (χ3n) is 12.0. The van der Waals surface area contributed by atoms with Crippen LogP contribution in [0.3, 0.4) is 0 Å². The Morgan fingerprint density at radius 3 is 1.62 bits per heavy atom. The highest BCUT2D eigenvalue weighted by Crippen LogP contribution is 2.43. The minimum atomic E-state index is -0.233. The summed E-state index contributed by atoms with van der Waals surface area (Å²) in [4.78, 5) is 48.5. The Kier molecular flexibility index (Phi) is 10.5. The lowest BCUT2D eigenvalue weighted by Gasteiger charge is -2.14. The van der Waals surface area contributed by atoms with Gasteiger partial charge in [0.2, 0.25) is 0 Å². The van der Waals surface area contributed by atoms with Crippen LogP contribution in [0.1, 0.15) is 23.5 Å². The number of hydrogen-bond acceptors (Lipinski definition) is 10. The molecule has 0 radical (unpaired) electrons. The number of nitrogens with one attached hydrogen (secondary N) is 2. The van der Waals surface area contributed by atoms with Crippen LogP contribution >= 0.6 is 47.0 Å². The molecule has 0 spiro atoms. The molecule has 6 aromatic carbocycles. The van der Waals surface area contributed by atoms with Crippen LogP contribution in [0.5, 0.6) is 0 Å². The fourth-order valence-electron chi connectivity index (χ4n) is 8.78. The molecule has 12 heteroatoms. The Hall–Kier alpha value is -7.22. The number of rotatable bonds is 8. The average molecular weight is 949 g/mol. The third kappa shape index (κ3) is 7.98. The van der Waals surface area contributed by atoms with Crippen molar-refractivity contribution in [1.29, 1.82) is 0 Å². The predicted octanol–water partition coefficient (Wildman–Crippen LogP) is 12.8. The van der Waals surface area contributed by atoms with Crippen molar-refractivity contribution >= 4 is 80.3 Å². The summed E-state index contributed by atoms with van der Waals surface area (Å²) in [5.74, 6) is 2.08. The number of H-pyrrole nitrogens is 2. The molecule has 8 aromatic rings. The first kappa shape index (κ1) is 41.0. The second kappa shape index (κ2) is 17.5. The smallest absolute Gasteiger partial charge is 0.164 e. The average Bonchev–Trinajstić information content (AvgIpc) is 4.10. The highest BCUT2D eigenvalue weighted by molar-refractivity contribution is 8.03. The van der Waals surface area contributed by atoms with Gasteiger partial charge in [0.15, 0.2) is 17.1 Å². The summed E-state index contributed by atoms with van der Waals surface area (Å²) in [6, 6.07) is 54.7. The summed E-state index contributed by atoms with van der Waals surface area (Å²) in [5, 5.41) is 1.88. The molecule has 2 atom stereocenters. The minimum Gasteiger partial charge on any atom is -0.327 e. The molecule has 0 amide bonds. The molecule has 68 heavy (non-hydrogen) atoms. The lowest BCUT2D eigenvalue weighted by atomic mass is 9.95. The summed E-state index contributed by atoms with van der Waals surface area (Å²) in [6.07, 6.45) is 13.2. The van der Waals surface area contributed by atoms with Gasteiger partial charge in [0.05, 0.1) is 11.8 Å². The van der Waals surface area contributed by atoms with Crippen LogP contribution < -0.4 is 11.0 Å². The summed E-state index contributed by atoms with van der Waals surface area (Å²) in [6.45, 7) is 0. The molecule has 2 N–H and O–H groups in total. The fraction of sp³-hybridized carbons (Fsp3) is 0.0357. The molecule has 2 aliphatic carbocycles. The van der Waals surface area contributed by atoms with Crippen molar-refractivity contribution in [3.63, 3.8) is 0 Å². The number of nitrogens with zero attached hydrogens (tertiary/aromatic N) is 6. The monoisotopic (exact) mass is 948 g/mol. The Balaban J connectivity index is 1.07. The quantitative estimate of drug-likeness (QED) is 0.153. The van der Waals surface area contributed by atoms with Gasteiger partial charge in [-0.05, 0) is 97.1 Å². The maximum atomic E-state index is 5.44. The van der Waals surface area contributed by atoms with Crippen LogP contribution in [0.15, 0.2) is 233 Å². The molecule has 8 nitrogen and oxygen atoms in total. The van der Waals surface area contributed by atoms with Crippen LogP contribution in [0.4, 0.5) is 0 Å². The Morgan fingerprint density at radius 2 is 0.956 bits per heavy atom. The summed E-state index contributed by atoms with van der Waals surface area (Å²) in [5.41, 5.74) is 6.47. The van der Waals surface area contributed by atoms with Gasteiger partial charge in [0, 0.05) is 72.2 Å². The number of aromatic amines is 2. The fourth-order valence-corrected chi connectivity index (χ4v) is 12.3. The second-order valence-electron chi connectivity index (χ2n) is 16.4. The van der Waals surface area contributed by atoms with Crippen LogP contribution in [0.25, 0.3) is 56.0 Å². The molecule has 0 fully saturated rings. The molecule has 8 bridgehead atoms. The zero-order valence-corrected chi connectivity index (χ0v) is 39.2. The van der Waals surface area contributed by atoms with Gasteiger partial charge in [-0.2, -0.15) is 0 Å². The van der Waals surface area contributed by atoms with Crippen LogP contribution in [-0.4, -0.2) is 39.9 Å². The number of fused-ring (bicyclic) bond motifs is 18. The summed E-state index contributed by atoms with van der Waals surface area (Å²) < 4.78 is 0. The van der Waals surface area contributed by atoms with Gasteiger partial charge < -0.3 is 9.97 Å². The SMILES string of the molecule is C1=CC2C(=c3nc2nc2nc(nc4[nH]c(nc5[nH]c(n3)C3C=CC(Sc6ccccc6)=CC=53)c3ccc(Sc5ccccc5)cc43)-c3ccc(Sc4ccccc4)cc3-2)C=C1Sc1ccccc1. The zero-order valence-electron chi connectivity index (χ0n) is 35.9. The summed E-state index contributed by atoms with van der Waals surface area (Å²) >= 11 is 6.87. The molecular formula is C56H36N8S4. The van der Waals surface area contributed by atoms with Crippen LogP contribution in [0.2, 0.25) is 0 Å². The molecule has 3 aliphatic heterocycles. The van der Waals surface area contributed by atoms with Gasteiger partial charge in [0.25, 0.3) is 0 Å². The molecule has 5 aliphatic rings. The first-order valence-corrected chi connectivity index (χ1v) is 25.4. The predicted molar refractivity (Wildman–Crippen MR) is 277 cm³/mol. The van der Waals surface area contributed by atoms with E-state index in [2.05, 4.69) is 180 Å². The first-order valence-electron chi connectivity index (χ1n) is 22.2. The van der Waals surface area contributed by atoms with E-state index >= 15 is 0 Å². The van der Waals surface area contributed by atoms with Gasteiger partial charge in [-0.25, -0.2) is 29.9 Å². The Bertz CT molecular complexity index is 3810. The number of allylic oxidation sites excluding steroid dienone is 6. The van der Waals surface area contributed by atoms with Crippen LogP contribution in [0, 0.1) is 0 Å². The molecule has 324 valence electrons. The van der Waals surface area contributed by atoms with Crippen molar-refractivity contribution < 1.29 is 0 Å². The van der Waals surface area contributed by atoms with E-state index in [1.807, 2.05) is 24.3 Å². The van der Waals surface area contributed by atoms with Crippen molar-refractivity contribution in [3.8, 4) is 22.8 Å². The van der Waals surface area contributed by atoms with Gasteiger partial charge in [0.1, 0.15) is 28.4 Å². The molecule has 13 rings (SSSR count). The van der Waals surface area contributed by atoms with Crippen molar-refractivity contribution in [3.05, 3.63) is 227 Å². The maximum Gasteiger partial charge on any atom is 0.164 e. The van der Waals surface area contributed by atoms with Crippen molar-refractivity contribution in [2.75, 3.05) is 0 Å². The van der Waals surface area contributed by atoms with Gasteiger partial charge >= 0.3 is 0 Å². The van der Waals surface area contributed by atoms with E-state index in [1.165, 1.54) is 0 Å². The highest BCUT2D eigenvalue weighted by Gasteiger charge is 2.30. The number of aromatic nitrogens is 8. The Labute approximate surface area is 408 Å². The van der Waals surface area contributed by atoms with Crippen LogP contribution in [-0.2, 0) is 0 Å². The number of benzene rings is 6. The third-order valence-corrected chi connectivity index (χ3v) is 16.0. The lowest BCUT2D eigenvalue weighted by Crippen LogP contribution is -2.14. The molecule has 2 aromatic heterocycles. The minimum absolute atomic E-state index is 0.184. The Morgan fingerprint density at radius 1 is 0.397 bits per heavy atom. The summed E-state index contributed by atoms with van der Waals surface area (Å²) in [7, 11) is 0. The van der Waals surface area contributed by atoms with Crippen molar-refractivity contribution in [2.45, 2.75) is 41.2 Å². The largest absolute Gasteiger partial charge is 0.327 e. The lowest BCUT2D eigenvalue weighted by molar-refractivity contribution is 0.915. The number of thioether (sulfide) groups is 2. The molecule has 5 heterocycles. The van der Waals surface area contributed by atoms with E-state index < -0.39 is 0 Å². The first-order chi connectivity index (χ1) is 33.6. The number of hydrogen-bond donors (Lipinski definition) is 2.